The number of benzene rings is 2. The van der Waals surface area contributed by atoms with Gasteiger partial charge in [0.25, 0.3) is 0 Å². The van der Waals surface area contributed by atoms with E-state index >= 15 is 0 Å². The first-order valence-electron chi connectivity index (χ1n) is 7.83. The number of ether oxygens (including phenoxy) is 1. The molecule has 0 saturated heterocycles. The van der Waals surface area contributed by atoms with Gasteiger partial charge in [-0.25, -0.2) is 0 Å². The van der Waals surface area contributed by atoms with Gasteiger partial charge in [-0.3, -0.25) is 0 Å². The lowest BCUT2D eigenvalue weighted by molar-refractivity contribution is -0.00117. The first-order chi connectivity index (χ1) is 10.3. The van der Waals surface area contributed by atoms with Crippen molar-refractivity contribution in [3.8, 4) is 0 Å². The monoisotopic (exact) mass is 285 g/mol. The number of hydrogen-bond donors (Lipinski definition) is 2. The van der Waals surface area contributed by atoms with E-state index in [0.29, 0.717) is 19.3 Å². The zero-order valence-corrected chi connectivity index (χ0v) is 12.3. The predicted molar refractivity (Wildman–Crippen MR) is 86.7 cm³/mol. The van der Waals surface area contributed by atoms with Crippen molar-refractivity contribution in [2.45, 2.75) is 37.9 Å². The Balaban J connectivity index is 1.48. The van der Waals surface area contributed by atoms with Crippen LogP contribution in [0, 0.1) is 0 Å². The van der Waals surface area contributed by atoms with Crippen molar-refractivity contribution >= 4 is 16.5 Å². The molecule has 0 amide bonds. The fraction of sp³-hybridized carbons (Fsp3) is 0.444. The lowest BCUT2D eigenvalue weighted by Gasteiger charge is -2.16. The minimum atomic E-state index is -0.461. The molecule has 1 saturated carbocycles. The summed E-state index contributed by atoms with van der Waals surface area (Å²) in [6.45, 7) is 0.941. The maximum Gasteiger partial charge on any atom is 0.0945 e. The molecule has 1 aliphatic rings. The standard InChI is InChI=1S/C18H23NO2/c20-17(13-21-18-7-3-4-8-18)12-19-16-10-9-14-5-1-2-6-15(14)11-16/h1-2,5-6,9-11,17-20H,3-4,7-8,12-13H2. The van der Waals surface area contributed by atoms with Gasteiger partial charge >= 0.3 is 0 Å². The number of nitrogens with one attached hydrogen (secondary N) is 1. The molecule has 21 heavy (non-hydrogen) atoms. The molecule has 0 radical (unpaired) electrons. The third-order valence-corrected chi connectivity index (χ3v) is 4.12. The summed E-state index contributed by atoms with van der Waals surface area (Å²) in [6.07, 6.45) is 4.71. The molecule has 3 rings (SSSR count). The number of aliphatic hydroxyl groups is 1. The van der Waals surface area contributed by atoms with Gasteiger partial charge < -0.3 is 15.2 Å². The first-order valence-corrected chi connectivity index (χ1v) is 7.83. The lowest BCUT2D eigenvalue weighted by atomic mass is 10.1. The minimum Gasteiger partial charge on any atom is -0.389 e. The van der Waals surface area contributed by atoms with Crippen molar-refractivity contribution < 1.29 is 9.84 Å². The van der Waals surface area contributed by atoms with Gasteiger partial charge in [0.15, 0.2) is 0 Å². The maximum atomic E-state index is 10.00. The average molecular weight is 285 g/mol. The van der Waals surface area contributed by atoms with Crippen molar-refractivity contribution in [1.29, 1.82) is 0 Å². The number of hydrogen-bond acceptors (Lipinski definition) is 3. The van der Waals surface area contributed by atoms with Crippen molar-refractivity contribution in [2.24, 2.45) is 0 Å². The van der Waals surface area contributed by atoms with Crippen LogP contribution >= 0.6 is 0 Å². The number of fused-ring (bicyclic) bond motifs is 1. The van der Waals surface area contributed by atoms with Gasteiger partial charge in [-0.05, 0) is 35.7 Å². The molecule has 1 aliphatic carbocycles. The molecule has 3 nitrogen and oxygen atoms in total. The molecule has 2 aromatic rings. The fourth-order valence-electron chi connectivity index (χ4n) is 2.90. The van der Waals surface area contributed by atoms with E-state index < -0.39 is 6.10 Å². The smallest absolute Gasteiger partial charge is 0.0945 e. The fourth-order valence-corrected chi connectivity index (χ4v) is 2.90. The van der Waals surface area contributed by atoms with Crippen molar-refractivity contribution in [2.75, 3.05) is 18.5 Å². The van der Waals surface area contributed by atoms with Gasteiger partial charge in [-0.1, -0.05) is 43.2 Å². The molecule has 2 N–H and O–H groups in total. The van der Waals surface area contributed by atoms with Gasteiger partial charge in [-0.15, -0.1) is 0 Å². The Hall–Kier alpha value is -1.58. The van der Waals surface area contributed by atoms with Crippen LogP contribution in [0.4, 0.5) is 5.69 Å². The van der Waals surface area contributed by atoms with Crippen LogP contribution in [-0.4, -0.2) is 30.5 Å². The minimum absolute atomic E-state index is 0.361. The van der Waals surface area contributed by atoms with Crippen molar-refractivity contribution in [1.82, 2.24) is 0 Å². The highest BCUT2D eigenvalue weighted by molar-refractivity contribution is 5.85. The molecule has 2 aromatic carbocycles. The van der Waals surface area contributed by atoms with Crippen LogP contribution in [0.1, 0.15) is 25.7 Å². The van der Waals surface area contributed by atoms with Crippen molar-refractivity contribution in [3.63, 3.8) is 0 Å². The van der Waals surface area contributed by atoms with E-state index in [2.05, 4.69) is 29.6 Å². The number of anilines is 1. The summed E-state index contributed by atoms with van der Waals surface area (Å²) in [7, 11) is 0. The summed E-state index contributed by atoms with van der Waals surface area (Å²) in [5.41, 5.74) is 1.04. The molecule has 0 heterocycles. The molecule has 0 aliphatic heterocycles. The summed E-state index contributed by atoms with van der Waals surface area (Å²) in [6, 6.07) is 14.5. The highest BCUT2D eigenvalue weighted by Crippen LogP contribution is 2.21. The normalized spacial score (nSPS) is 17.2. The third-order valence-electron chi connectivity index (χ3n) is 4.12. The Morgan fingerprint density at radius 1 is 1.10 bits per heavy atom. The summed E-state index contributed by atoms with van der Waals surface area (Å²) < 4.78 is 5.73. The number of aliphatic hydroxyl groups excluding tert-OH is 1. The zero-order valence-electron chi connectivity index (χ0n) is 12.3. The van der Waals surface area contributed by atoms with E-state index in [1.54, 1.807) is 0 Å². The first kappa shape index (κ1) is 14.4. The number of rotatable bonds is 6. The molecule has 1 fully saturated rings. The zero-order chi connectivity index (χ0) is 14.5. The van der Waals surface area contributed by atoms with Crippen molar-refractivity contribution in [3.05, 3.63) is 42.5 Å². The van der Waals surface area contributed by atoms with Gasteiger partial charge in [0.2, 0.25) is 0 Å². The molecule has 112 valence electrons. The average Bonchev–Trinajstić information content (AvgIpc) is 3.04. The molecule has 3 heteroatoms. The molecular formula is C18H23NO2. The van der Waals surface area contributed by atoms with Crippen LogP contribution in [0.2, 0.25) is 0 Å². The van der Waals surface area contributed by atoms with Crippen LogP contribution in [0.15, 0.2) is 42.5 Å². The van der Waals surface area contributed by atoms with Gasteiger partial charge in [-0.2, -0.15) is 0 Å². The highest BCUT2D eigenvalue weighted by Gasteiger charge is 2.16. The van der Waals surface area contributed by atoms with E-state index in [1.165, 1.54) is 23.6 Å². The lowest BCUT2D eigenvalue weighted by Crippen LogP contribution is -2.27. The topological polar surface area (TPSA) is 41.5 Å². The Kier molecular flexibility index (Phi) is 4.73. The SMILES string of the molecule is OC(CNc1ccc2ccccc2c1)COC1CCCC1. The Morgan fingerprint density at radius 3 is 2.67 bits per heavy atom. The Morgan fingerprint density at radius 2 is 1.86 bits per heavy atom. The van der Waals surface area contributed by atoms with Gasteiger partial charge in [0, 0.05) is 12.2 Å². The molecule has 0 bridgehead atoms. The summed E-state index contributed by atoms with van der Waals surface area (Å²) in [5.74, 6) is 0. The Bertz CT molecular complexity index is 578. The van der Waals surface area contributed by atoms with E-state index in [1.807, 2.05) is 18.2 Å². The second-order valence-electron chi connectivity index (χ2n) is 5.84. The predicted octanol–water partition coefficient (Wildman–Crippen LogP) is 3.57. The van der Waals surface area contributed by atoms with Crippen LogP contribution in [-0.2, 0) is 4.74 Å². The van der Waals surface area contributed by atoms with Gasteiger partial charge in [0.1, 0.15) is 0 Å². The molecular weight excluding hydrogens is 262 g/mol. The van der Waals surface area contributed by atoms with E-state index in [9.17, 15) is 5.11 Å². The summed E-state index contributed by atoms with van der Waals surface area (Å²) >= 11 is 0. The molecule has 1 atom stereocenters. The van der Waals surface area contributed by atoms with E-state index in [0.717, 1.165) is 18.5 Å². The highest BCUT2D eigenvalue weighted by atomic mass is 16.5. The maximum absolute atomic E-state index is 10.00. The largest absolute Gasteiger partial charge is 0.389 e. The van der Waals surface area contributed by atoms with Crippen LogP contribution in [0.5, 0.6) is 0 Å². The summed E-state index contributed by atoms with van der Waals surface area (Å²) in [4.78, 5) is 0. The summed E-state index contributed by atoms with van der Waals surface area (Å²) in [5, 5.41) is 15.7. The van der Waals surface area contributed by atoms with E-state index in [-0.39, 0.29) is 0 Å². The molecule has 0 spiro atoms. The van der Waals surface area contributed by atoms with Crippen LogP contribution < -0.4 is 5.32 Å². The second-order valence-corrected chi connectivity index (χ2v) is 5.84. The van der Waals surface area contributed by atoms with Crippen LogP contribution in [0.25, 0.3) is 10.8 Å². The molecule has 1 unspecified atom stereocenters. The van der Waals surface area contributed by atoms with Crippen LogP contribution in [0.3, 0.4) is 0 Å². The second kappa shape index (κ2) is 6.92. The molecule has 0 aromatic heterocycles. The quantitative estimate of drug-likeness (QED) is 0.852. The van der Waals surface area contributed by atoms with E-state index in [4.69, 9.17) is 4.74 Å². The Labute approximate surface area is 125 Å². The third kappa shape index (κ3) is 3.96. The van der Waals surface area contributed by atoms with Gasteiger partial charge in [0.05, 0.1) is 18.8 Å².